The molecule has 2 aromatic rings. The van der Waals surface area contributed by atoms with Gasteiger partial charge < -0.3 is 15.8 Å². The predicted molar refractivity (Wildman–Crippen MR) is 78.5 cm³/mol. The highest BCUT2D eigenvalue weighted by molar-refractivity contribution is 6.07. The van der Waals surface area contributed by atoms with Gasteiger partial charge in [0, 0.05) is 23.5 Å². The van der Waals surface area contributed by atoms with Crippen molar-refractivity contribution in [3.63, 3.8) is 0 Å². The van der Waals surface area contributed by atoms with Gasteiger partial charge in [0.15, 0.2) is 0 Å². The van der Waals surface area contributed by atoms with Crippen LogP contribution in [0.4, 0.5) is 17.1 Å². The average molecular weight is 287 g/mol. The molecule has 0 aliphatic rings. The van der Waals surface area contributed by atoms with Gasteiger partial charge in [0.1, 0.15) is 11.3 Å². The first kappa shape index (κ1) is 14.3. The van der Waals surface area contributed by atoms with Crippen LogP contribution >= 0.6 is 0 Å². The van der Waals surface area contributed by atoms with Crippen LogP contribution in [-0.2, 0) is 0 Å². The zero-order chi connectivity index (χ0) is 15.4. The molecular weight excluding hydrogens is 274 g/mol. The molecule has 0 aliphatic carbocycles. The van der Waals surface area contributed by atoms with Gasteiger partial charge in [-0.3, -0.25) is 14.9 Å². The fourth-order valence-corrected chi connectivity index (χ4v) is 1.79. The molecule has 2 aromatic carbocycles. The number of nitrogens with zero attached hydrogens (tertiary/aromatic N) is 1. The molecule has 0 aromatic heterocycles. The normalized spacial score (nSPS) is 9.95. The van der Waals surface area contributed by atoms with Gasteiger partial charge in [-0.1, -0.05) is 6.07 Å². The fraction of sp³-hybridized carbons (Fsp3) is 0.0714. The molecule has 21 heavy (non-hydrogen) atoms. The van der Waals surface area contributed by atoms with E-state index in [1.165, 1.54) is 25.3 Å². The number of carbonyl (C=O) groups excluding carboxylic acids is 1. The zero-order valence-electron chi connectivity index (χ0n) is 11.2. The minimum absolute atomic E-state index is 0.0946. The summed E-state index contributed by atoms with van der Waals surface area (Å²) in [6.45, 7) is 0. The monoisotopic (exact) mass is 287 g/mol. The van der Waals surface area contributed by atoms with E-state index in [9.17, 15) is 14.9 Å². The summed E-state index contributed by atoms with van der Waals surface area (Å²) in [5.74, 6) is -0.0443. The molecule has 3 N–H and O–H groups in total. The van der Waals surface area contributed by atoms with Gasteiger partial charge in [0.05, 0.1) is 12.0 Å². The summed E-state index contributed by atoms with van der Waals surface area (Å²) in [7, 11) is 1.50. The van der Waals surface area contributed by atoms with Crippen LogP contribution in [0, 0.1) is 10.1 Å². The van der Waals surface area contributed by atoms with E-state index in [4.69, 9.17) is 10.5 Å². The first-order valence-electron chi connectivity index (χ1n) is 6.00. The molecule has 7 nitrogen and oxygen atoms in total. The standard InChI is InChI=1S/C14H13N3O4/c1-21-11-4-2-3-10(8-11)16-14(18)12-7-9(15)5-6-13(12)17(19)20/h2-8H,15H2,1H3,(H,16,18). The molecule has 0 atom stereocenters. The highest BCUT2D eigenvalue weighted by Gasteiger charge is 2.20. The Morgan fingerprint density at radius 3 is 2.71 bits per heavy atom. The molecule has 0 unspecified atom stereocenters. The molecule has 108 valence electrons. The third-order valence-corrected chi connectivity index (χ3v) is 2.79. The number of methoxy groups -OCH3 is 1. The Balaban J connectivity index is 2.31. The van der Waals surface area contributed by atoms with Crippen LogP contribution in [0.3, 0.4) is 0 Å². The Labute approximate surface area is 120 Å². The second kappa shape index (κ2) is 5.91. The summed E-state index contributed by atoms with van der Waals surface area (Å²) >= 11 is 0. The van der Waals surface area contributed by atoms with Crippen LogP contribution in [0.15, 0.2) is 42.5 Å². The van der Waals surface area contributed by atoms with E-state index < -0.39 is 10.8 Å². The Morgan fingerprint density at radius 1 is 1.29 bits per heavy atom. The van der Waals surface area contributed by atoms with Crippen molar-refractivity contribution in [3.05, 3.63) is 58.1 Å². The van der Waals surface area contributed by atoms with E-state index in [1.54, 1.807) is 24.3 Å². The number of rotatable bonds is 4. The maximum absolute atomic E-state index is 12.2. The minimum Gasteiger partial charge on any atom is -0.497 e. The number of hydrogen-bond acceptors (Lipinski definition) is 5. The second-order valence-corrected chi connectivity index (χ2v) is 4.22. The summed E-state index contributed by atoms with van der Waals surface area (Å²) in [5, 5.41) is 13.5. The quantitative estimate of drug-likeness (QED) is 0.510. The smallest absolute Gasteiger partial charge is 0.282 e. The first-order valence-corrected chi connectivity index (χ1v) is 6.00. The van der Waals surface area contributed by atoms with Crippen molar-refractivity contribution >= 4 is 23.0 Å². The lowest BCUT2D eigenvalue weighted by molar-refractivity contribution is -0.385. The Morgan fingerprint density at radius 2 is 2.05 bits per heavy atom. The summed E-state index contributed by atoms with van der Waals surface area (Å²) in [6.07, 6.45) is 0. The van der Waals surface area contributed by atoms with Gasteiger partial charge in [-0.2, -0.15) is 0 Å². The van der Waals surface area contributed by atoms with Crippen molar-refractivity contribution in [2.45, 2.75) is 0 Å². The topological polar surface area (TPSA) is 107 Å². The van der Waals surface area contributed by atoms with Crippen LogP contribution in [-0.4, -0.2) is 17.9 Å². The molecule has 0 heterocycles. The van der Waals surface area contributed by atoms with Crippen molar-refractivity contribution < 1.29 is 14.5 Å². The van der Waals surface area contributed by atoms with Crippen LogP contribution in [0.1, 0.15) is 10.4 Å². The zero-order valence-corrected chi connectivity index (χ0v) is 11.2. The molecule has 0 fully saturated rings. The number of nitro benzene ring substituents is 1. The van der Waals surface area contributed by atoms with Gasteiger partial charge in [-0.05, 0) is 24.3 Å². The maximum Gasteiger partial charge on any atom is 0.282 e. The summed E-state index contributed by atoms with van der Waals surface area (Å²) in [4.78, 5) is 22.5. The SMILES string of the molecule is COc1cccc(NC(=O)c2cc(N)ccc2[N+](=O)[O-])c1. The number of carbonyl (C=O) groups is 1. The van der Waals surface area contributed by atoms with Crippen molar-refractivity contribution in [1.29, 1.82) is 0 Å². The lowest BCUT2D eigenvalue weighted by Crippen LogP contribution is -2.14. The van der Waals surface area contributed by atoms with Crippen molar-refractivity contribution in [3.8, 4) is 5.75 Å². The van der Waals surface area contributed by atoms with Crippen molar-refractivity contribution in [2.75, 3.05) is 18.2 Å². The van der Waals surface area contributed by atoms with Gasteiger partial charge >= 0.3 is 0 Å². The number of nitrogens with two attached hydrogens (primary N) is 1. The number of benzene rings is 2. The summed E-state index contributed by atoms with van der Waals surface area (Å²) < 4.78 is 5.04. The fourth-order valence-electron chi connectivity index (χ4n) is 1.79. The van der Waals surface area contributed by atoms with E-state index in [1.807, 2.05) is 0 Å². The number of nitro groups is 1. The largest absolute Gasteiger partial charge is 0.497 e. The third-order valence-electron chi connectivity index (χ3n) is 2.79. The van der Waals surface area contributed by atoms with E-state index in [0.717, 1.165) is 0 Å². The number of amides is 1. The Hall–Kier alpha value is -3.09. The van der Waals surface area contributed by atoms with E-state index in [-0.39, 0.29) is 16.9 Å². The molecule has 0 saturated heterocycles. The summed E-state index contributed by atoms with van der Waals surface area (Å²) in [5.41, 5.74) is 5.93. The van der Waals surface area contributed by atoms with Crippen LogP contribution in [0.25, 0.3) is 0 Å². The first-order chi connectivity index (χ1) is 10.0. The number of anilines is 2. The number of nitrogens with one attached hydrogen (secondary N) is 1. The second-order valence-electron chi connectivity index (χ2n) is 4.22. The minimum atomic E-state index is -0.625. The lowest BCUT2D eigenvalue weighted by atomic mass is 10.1. The van der Waals surface area contributed by atoms with Crippen LogP contribution in [0.5, 0.6) is 5.75 Å². The Bertz CT molecular complexity index is 700. The third kappa shape index (κ3) is 3.27. The molecule has 7 heteroatoms. The molecule has 0 saturated carbocycles. The van der Waals surface area contributed by atoms with E-state index in [0.29, 0.717) is 11.4 Å². The number of hydrogen-bond donors (Lipinski definition) is 2. The highest BCUT2D eigenvalue weighted by atomic mass is 16.6. The van der Waals surface area contributed by atoms with Crippen molar-refractivity contribution in [1.82, 2.24) is 0 Å². The molecular formula is C14H13N3O4. The van der Waals surface area contributed by atoms with Crippen LogP contribution in [0.2, 0.25) is 0 Å². The summed E-state index contributed by atoms with van der Waals surface area (Å²) in [6, 6.07) is 10.5. The Kier molecular flexibility index (Phi) is 4.03. The molecule has 0 aliphatic heterocycles. The lowest BCUT2D eigenvalue weighted by Gasteiger charge is -2.08. The van der Waals surface area contributed by atoms with E-state index in [2.05, 4.69) is 5.32 Å². The molecule has 0 bridgehead atoms. The molecule has 1 amide bonds. The van der Waals surface area contributed by atoms with Gasteiger partial charge in [0.25, 0.3) is 11.6 Å². The van der Waals surface area contributed by atoms with Gasteiger partial charge in [0.2, 0.25) is 0 Å². The van der Waals surface area contributed by atoms with Gasteiger partial charge in [-0.25, -0.2) is 0 Å². The average Bonchev–Trinajstić information content (AvgIpc) is 2.47. The van der Waals surface area contributed by atoms with Gasteiger partial charge in [-0.15, -0.1) is 0 Å². The predicted octanol–water partition coefficient (Wildman–Crippen LogP) is 2.44. The number of ether oxygens (including phenoxy) is 1. The van der Waals surface area contributed by atoms with E-state index >= 15 is 0 Å². The van der Waals surface area contributed by atoms with Crippen LogP contribution < -0.4 is 15.8 Å². The number of nitrogen functional groups attached to an aromatic ring is 1. The van der Waals surface area contributed by atoms with Crippen molar-refractivity contribution in [2.24, 2.45) is 0 Å². The maximum atomic E-state index is 12.2. The highest BCUT2D eigenvalue weighted by Crippen LogP contribution is 2.23. The molecule has 0 radical (unpaired) electrons. The molecule has 2 rings (SSSR count). The molecule has 0 spiro atoms.